The third-order valence-electron chi connectivity index (χ3n) is 3.07. The fourth-order valence-corrected chi connectivity index (χ4v) is 2.67. The Morgan fingerprint density at radius 1 is 1.10 bits per heavy atom. The topological polar surface area (TPSA) is 72.2 Å². The lowest BCUT2D eigenvalue weighted by Crippen LogP contribution is -2.14. The van der Waals surface area contributed by atoms with Crippen molar-refractivity contribution in [2.24, 2.45) is 5.14 Å². The summed E-state index contributed by atoms with van der Waals surface area (Å²) in [5, 5.41) is 8.26. The van der Waals surface area contributed by atoms with Gasteiger partial charge in [0.25, 0.3) is 0 Å². The summed E-state index contributed by atoms with van der Waals surface area (Å²) in [6.07, 6.45) is 0. The largest absolute Gasteiger partial charge is 0.379 e. The molecule has 0 spiro atoms. The molecule has 0 fully saturated rings. The molecule has 4 nitrogen and oxygen atoms in total. The Labute approximate surface area is 123 Å². The molecule has 21 heavy (non-hydrogen) atoms. The lowest BCUT2D eigenvalue weighted by Gasteiger charge is -2.16. The predicted molar refractivity (Wildman–Crippen MR) is 81.7 cm³/mol. The van der Waals surface area contributed by atoms with E-state index in [1.165, 1.54) is 12.1 Å². The van der Waals surface area contributed by atoms with Crippen LogP contribution in [0.4, 0.5) is 10.1 Å². The van der Waals surface area contributed by atoms with Gasteiger partial charge in [-0.1, -0.05) is 24.3 Å². The molecule has 2 rings (SSSR count). The molecule has 0 amide bonds. The molecule has 0 radical (unpaired) electrons. The quantitative estimate of drug-likeness (QED) is 0.892. The second-order valence-electron chi connectivity index (χ2n) is 4.92. The van der Waals surface area contributed by atoms with Crippen LogP contribution >= 0.6 is 0 Å². The summed E-state index contributed by atoms with van der Waals surface area (Å²) < 4.78 is 34.9. The Kier molecular flexibility index (Phi) is 4.59. The summed E-state index contributed by atoms with van der Waals surface area (Å²) in [6.45, 7) is 1.96. The monoisotopic (exact) mass is 308 g/mol. The van der Waals surface area contributed by atoms with Gasteiger partial charge in [-0.3, -0.25) is 0 Å². The van der Waals surface area contributed by atoms with Crippen LogP contribution in [0, 0.1) is 5.82 Å². The van der Waals surface area contributed by atoms with E-state index in [2.05, 4.69) is 5.32 Å². The highest BCUT2D eigenvalue weighted by molar-refractivity contribution is 7.88. The number of hydrogen-bond donors (Lipinski definition) is 2. The molecule has 6 heteroatoms. The Morgan fingerprint density at radius 2 is 1.67 bits per heavy atom. The molecule has 0 saturated carbocycles. The molecule has 0 aliphatic carbocycles. The van der Waals surface area contributed by atoms with Gasteiger partial charge < -0.3 is 5.32 Å². The zero-order valence-corrected chi connectivity index (χ0v) is 12.4. The molecule has 0 aromatic heterocycles. The van der Waals surface area contributed by atoms with Gasteiger partial charge in [0.15, 0.2) is 0 Å². The van der Waals surface area contributed by atoms with Crippen molar-refractivity contribution in [1.82, 2.24) is 0 Å². The fraction of sp³-hybridized carbons (Fsp3) is 0.200. The highest BCUT2D eigenvalue weighted by Gasteiger charge is 2.07. The number of anilines is 1. The van der Waals surface area contributed by atoms with E-state index in [-0.39, 0.29) is 17.6 Å². The van der Waals surface area contributed by atoms with Gasteiger partial charge >= 0.3 is 0 Å². The molecule has 0 aliphatic rings. The summed E-state index contributed by atoms with van der Waals surface area (Å²) in [6, 6.07) is 13.3. The average molecular weight is 308 g/mol. The van der Waals surface area contributed by atoms with Crippen LogP contribution in [0.25, 0.3) is 0 Å². The van der Waals surface area contributed by atoms with Crippen molar-refractivity contribution in [1.29, 1.82) is 0 Å². The summed E-state index contributed by atoms with van der Waals surface area (Å²) in [7, 11) is -3.52. The lowest BCUT2D eigenvalue weighted by atomic mass is 10.1. The minimum absolute atomic E-state index is 0.00897. The van der Waals surface area contributed by atoms with Gasteiger partial charge in [0.2, 0.25) is 10.0 Å². The number of benzene rings is 2. The van der Waals surface area contributed by atoms with E-state index in [0.717, 1.165) is 11.3 Å². The van der Waals surface area contributed by atoms with Crippen molar-refractivity contribution in [3.63, 3.8) is 0 Å². The van der Waals surface area contributed by atoms with E-state index in [1.54, 1.807) is 36.4 Å². The highest BCUT2D eigenvalue weighted by atomic mass is 32.2. The molecular formula is C15H17FN2O2S. The van der Waals surface area contributed by atoms with Crippen LogP contribution in [0.2, 0.25) is 0 Å². The highest BCUT2D eigenvalue weighted by Crippen LogP contribution is 2.20. The molecule has 1 atom stereocenters. The second kappa shape index (κ2) is 6.24. The first kappa shape index (κ1) is 15.5. The average Bonchev–Trinajstić information content (AvgIpc) is 2.40. The zero-order valence-electron chi connectivity index (χ0n) is 11.6. The third kappa shape index (κ3) is 4.84. The molecule has 2 aromatic rings. The van der Waals surface area contributed by atoms with Crippen molar-refractivity contribution in [2.75, 3.05) is 5.32 Å². The molecule has 1 unspecified atom stereocenters. The third-order valence-corrected chi connectivity index (χ3v) is 3.81. The molecular weight excluding hydrogens is 291 g/mol. The van der Waals surface area contributed by atoms with Gasteiger partial charge in [0, 0.05) is 11.7 Å². The minimum atomic E-state index is -3.52. The van der Waals surface area contributed by atoms with Crippen LogP contribution in [-0.2, 0) is 15.8 Å². The maximum atomic E-state index is 12.9. The Bertz CT molecular complexity index is 697. The van der Waals surface area contributed by atoms with E-state index in [9.17, 15) is 12.8 Å². The van der Waals surface area contributed by atoms with Crippen LogP contribution in [-0.4, -0.2) is 8.42 Å². The molecule has 2 aromatic carbocycles. The van der Waals surface area contributed by atoms with Crippen molar-refractivity contribution in [3.8, 4) is 0 Å². The maximum Gasteiger partial charge on any atom is 0.213 e. The first-order valence-corrected chi connectivity index (χ1v) is 8.16. The Balaban J connectivity index is 2.04. The van der Waals surface area contributed by atoms with Gasteiger partial charge in [0.05, 0.1) is 5.75 Å². The number of nitrogens with one attached hydrogen (secondary N) is 1. The summed E-state index contributed by atoms with van der Waals surface area (Å²) in [5.74, 6) is -0.445. The number of nitrogens with two attached hydrogens (primary N) is 1. The molecule has 0 heterocycles. The van der Waals surface area contributed by atoms with Crippen LogP contribution in [0.5, 0.6) is 0 Å². The van der Waals surface area contributed by atoms with Gasteiger partial charge in [-0.25, -0.2) is 17.9 Å². The van der Waals surface area contributed by atoms with Gasteiger partial charge in [-0.2, -0.15) is 0 Å². The maximum absolute atomic E-state index is 12.9. The molecule has 112 valence electrons. The normalized spacial score (nSPS) is 12.9. The van der Waals surface area contributed by atoms with Gasteiger partial charge in [-0.15, -0.1) is 0 Å². The fourth-order valence-electron chi connectivity index (χ4n) is 2.01. The molecule has 0 aliphatic heterocycles. The van der Waals surface area contributed by atoms with Crippen molar-refractivity contribution in [2.45, 2.75) is 18.7 Å². The van der Waals surface area contributed by atoms with Crippen LogP contribution < -0.4 is 10.5 Å². The summed E-state index contributed by atoms with van der Waals surface area (Å²) >= 11 is 0. The molecule has 0 bridgehead atoms. The SMILES string of the molecule is CC(Nc1ccc(CS(N)(=O)=O)cc1)c1ccc(F)cc1. The smallest absolute Gasteiger partial charge is 0.213 e. The van der Waals surface area contributed by atoms with E-state index in [4.69, 9.17) is 5.14 Å². The van der Waals surface area contributed by atoms with Crippen LogP contribution in [0.3, 0.4) is 0 Å². The predicted octanol–water partition coefficient (Wildman–Crippen LogP) is 2.79. The number of halogens is 1. The number of rotatable bonds is 5. The standard InChI is InChI=1S/C15H17FN2O2S/c1-11(13-4-6-14(16)7-5-13)18-15-8-2-12(3-9-15)10-21(17,19)20/h2-9,11,18H,10H2,1H3,(H2,17,19,20). The van der Waals surface area contributed by atoms with E-state index < -0.39 is 10.0 Å². The lowest BCUT2D eigenvalue weighted by molar-refractivity contribution is 0.597. The molecule has 3 N–H and O–H groups in total. The number of hydrogen-bond acceptors (Lipinski definition) is 3. The number of sulfonamides is 1. The Hall–Kier alpha value is -1.92. The van der Waals surface area contributed by atoms with Crippen molar-refractivity contribution < 1.29 is 12.8 Å². The van der Waals surface area contributed by atoms with E-state index in [0.29, 0.717) is 5.56 Å². The van der Waals surface area contributed by atoms with Crippen molar-refractivity contribution >= 4 is 15.7 Å². The number of primary sulfonamides is 1. The summed E-state index contributed by atoms with van der Waals surface area (Å²) in [4.78, 5) is 0. The first-order chi connectivity index (χ1) is 9.83. The Morgan fingerprint density at radius 3 is 2.19 bits per heavy atom. The van der Waals surface area contributed by atoms with Crippen LogP contribution in [0.1, 0.15) is 24.1 Å². The zero-order chi connectivity index (χ0) is 15.5. The van der Waals surface area contributed by atoms with Gasteiger partial charge in [0.1, 0.15) is 5.82 Å². The van der Waals surface area contributed by atoms with E-state index >= 15 is 0 Å². The molecule has 0 saturated heterocycles. The minimum Gasteiger partial charge on any atom is -0.379 e. The van der Waals surface area contributed by atoms with Gasteiger partial charge in [-0.05, 0) is 42.3 Å². The van der Waals surface area contributed by atoms with Crippen LogP contribution in [0.15, 0.2) is 48.5 Å². The first-order valence-electron chi connectivity index (χ1n) is 6.45. The van der Waals surface area contributed by atoms with E-state index in [1.807, 2.05) is 6.92 Å². The van der Waals surface area contributed by atoms with Crippen molar-refractivity contribution in [3.05, 3.63) is 65.5 Å². The second-order valence-corrected chi connectivity index (χ2v) is 6.54. The summed E-state index contributed by atoms with van der Waals surface area (Å²) in [5.41, 5.74) is 2.45.